The molecule has 0 saturated carbocycles. The first kappa shape index (κ1) is 14.8. The molecule has 1 aromatic carbocycles. The molecule has 0 fully saturated rings. The Morgan fingerprint density at radius 1 is 1.22 bits per heavy atom. The van der Waals surface area contributed by atoms with Crippen molar-refractivity contribution in [1.29, 1.82) is 0 Å². The van der Waals surface area contributed by atoms with Gasteiger partial charge in [0.25, 0.3) is 0 Å². The minimum atomic E-state index is -4.83. The standard InChI is InChI=1S/C12H15F3O3/c1-2-5-9(16)11(17)8-6-3-4-7-10(8)18-12(13,14)15/h3-4,6-7,9,11,16-17H,2,5H2,1H3. The van der Waals surface area contributed by atoms with E-state index in [0.29, 0.717) is 12.8 Å². The van der Waals surface area contributed by atoms with Gasteiger partial charge in [0.05, 0.1) is 6.10 Å². The first-order valence-electron chi connectivity index (χ1n) is 5.56. The summed E-state index contributed by atoms with van der Waals surface area (Å²) in [4.78, 5) is 0. The van der Waals surface area contributed by atoms with Gasteiger partial charge < -0.3 is 14.9 Å². The van der Waals surface area contributed by atoms with Crippen molar-refractivity contribution in [2.24, 2.45) is 0 Å². The van der Waals surface area contributed by atoms with Gasteiger partial charge in [-0.15, -0.1) is 13.2 Å². The average molecular weight is 264 g/mol. The lowest BCUT2D eigenvalue weighted by atomic mass is 10.0. The van der Waals surface area contributed by atoms with Crippen molar-refractivity contribution in [3.8, 4) is 5.75 Å². The Kier molecular flexibility index (Phi) is 4.98. The Balaban J connectivity index is 2.94. The zero-order valence-corrected chi connectivity index (χ0v) is 9.81. The maximum absolute atomic E-state index is 12.2. The second-order valence-electron chi connectivity index (χ2n) is 3.89. The fourth-order valence-electron chi connectivity index (χ4n) is 1.60. The van der Waals surface area contributed by atoms with Gasteiger partial charge in [0.1, 0.15) is 11.9 Å². The predicted octanol–water partition coefficient (Wildman–Crippen LogP) is 2.78. The highest BCUT2D eigenvalue weighted by atomic mass is 19.4. The normalized spacial score (nSPS) is 15.2. The third-order valence-corrected chi connectivity index (χ3v) is 2.41. The van der Waals surface area contributed by atoms with Crippen molar-refractivity contribution in [1.82, 2.24) is 0 Å². The number of para-hydroxylation sites is 1. The SMILES string of the molecule is CCCC(O)C(O)c1ccccc1OC(F)(F)F. The summed E-state index contributed by atoms with van der Waals surface area (Å²) >= 11 is 0. The molecule has 18 heavy (non-hydrogen) atoms. The summed E-state index contributed by atoms with van der Waals surface area (Å²) in [6, 6.07) is 5.24. The number of ether oxygens (including phenoxy) is 1. The summed E-state index contributed by atoms with van der Waals surface area (Å²) in [7, 11) is 0. The van der Waals surface area contributed by atoms with Crippen LogP contribution in [-0.4, -0.2) is 22.7 Å². The van der Waals surface area contributed by atoms with Crippen LogP contribution in [-0.2, 0) is 0 Å². The molecule has 0 aliphatic rings. The molecule has 2 unspecified atom stereocenters. The van der Waals surface area contributed by atoms with Gasteiger partial charge in [-0.25, -0.2) is 0 Å². The molecular weight excluding hydrogens is 249 g/mol. The van der Waals surface area contributed by atoms with E-state index in [0.717, 1.165) is 6.07 Å². The molecule has 0 bridgehead atoms. The Morgan fingerprint density at radius 3 is 2.39 bits per heavy atom. The van der Waals surface area contributed by atoms with Gasteiger partial charge in [-0.1, -0.05) is 31.5 Å². The van der Waals surface area contributed by atoms with E-state index in [9.17, 15) is 23.4 Å². The van der Waals surface area contributed by atoms with E-state index < -0.39 is 24.3 Å². The smallest absolute Gasteiger partial charge is 0.405 e. The van der Waals surface area contributed by atoms with E-state index in [1.54, 1.807) is 6.92 Å². The van der Waals surface area contributed by atoms with Crippen molar-refractivity contribution in [2.75, 3.05) is 0 Å². The van der Waals surface area contributed by atoms with Gasteiger partial charge in [0.15, 0.2) is 0 Å². The van der Waals surface area contributed by atoms with Gasteiger partial charge >= 0.3 is 6.36 Å². The van der Waals surface area contributed by atoms with Crippen LogP contribution in [0.25, 0.3) is 0 Å². The topological polar surface area (TPSA) is 49.7 Å². The van der Waals surface area contributed by atoms with Crippen LogP contribution in [0.3, 0.4) is 0 Å². The number of benzene rings is 1. The third-order valence-electron chi connectivity index (χ3n) is 2.41. The Labute approximate surface area is 103 Å². The molecule has 0 heterocycles. The van der Waals surface area contributed by atoms with Crippen LogP contribution in [0.1, 0.15) is 31.4 Å². The van der Waals surface area contributed by atoms with E-state index in [-0.39, 0.29) is 5.56 Å². The molecule has 0 radical (unpaired) electrons. The van der Waals surface area contributed by atoms with Crippen molar-refractivity contribution in [3.63, 3.8) is 0 Å². The summed E-state index contributed by atoms with van der Waals surface area (Å²) in [6.07, 6.45) is -6.44. The second kappa shape index (κ2) is 6.06. The number of rotatable bonds is 5. The third kappa shape index (κ3) is 4.19. The monoisotopic (exact) mass is 264 g/mol. The van der Waals surface area contributed by atoms with Crippen molar-refractivity contribution in [3.05, 3.63) is 29.8 Å². The first-order valence-corrected chi connectivity index (χ1v) is 5.56. The van der Waals surface area contributed by atoms with Gasteiger partial charge in [-0.2, -0.15) is 0 Å². The molecular formula is C12H15F3O3. The number of aliphatic hydroxyl groups is 2. The van der Waals surface area contributed by atoms with E-state index in [2.05, 4.69) is 4.74 Å². The molecule has 6 heteroatoms. The summed E-state index contributed by atoms with van der Waals surface area (Å²) in [5.74, 6) is -0.493. The van der Waals surface area contributed by atoms with Gasteiger partial charge in [-0.3, -0.25) is 0 Å². The van der Waals surface area contributed by atoms with Gasteiger partial charge in [-0.05, 0) is 12.5 Å². The highest BCUT2D eigenvalue weighted by Crippen LogP contribution is 2.32. The molecule has 0 aliphatic carbocycles. The van der Waals surface area contributed by atoms with Gasteiger partial charge in [0, 0.05) is 5.56 Å². The maximum atomic E-state index is 12.2. The number of halogens is 3. The highest BCUT2D eigenvalue weighted by molar-refractivity contribution is 5.35. The van der Waals surface area contributed by atoms with Crippen LogP contribution in [0.5, 0.6) is 5.75 Å². The fourth-order valence-corrected chi connectivity index (χ4v) is 1.60. The summed E-state index contributed by atoms with van der Waals surface area (Å²) in [6.45, 7) is 1.80. The molecule has 0 saturated heterocycles. The number of hydrogen-bond acceptors (Lipinski definition) is 3. The molecule has 1 rings (SSSR count). The summed E-state index contributed by atoms with van der Waals surface area (Å²) in [5.41, 5.74) is -0.0734. The van der Waals surface area contributed by atoms with Crippen LogP contribution in [0.4, 0.5) is 13.2 Å². The molecule has 2 N–H and O–H groups in total. The molecule has 102 valence electrons. The lowest BCUT2D eigenvalue weighted by Gasteiger charge is -2.20. The maximum Gasteiger partial charge on any atom is 0.573 e. The van der Waals surface area contributed by atoms with Crippen LogP contribution in [0.2, 0.25) is 0 Å². The van der Waals surface area contributed by atoms with E-state index in [1.165, 1.54) is 18.2 Å². The molecule has 2 atom stereocenters. The minimum Gasteiger partial charge on any atom is -0.405 e. The Hall–Kier alpha value is -1.27. The van der Waals surface area contributed by atoms with Gasteiger partial charge in [0.2, 0.25) is 0 Å². The van der Waals surface area contributed by atoms with E-state index in [4.69, 9.17) is 0 Å². The summed E-state index contributed by atoms with van der Waals surface area (Å²) in [5, 5.41) is 19.4. The average Bonchev–Trinajstić information content (AvgIpc) is 2.27. The largest absolute Gasteiger partial charge is 0.573 e. The molecule has 0 aliphatic heterocycles. The molecule has 3 nitrogen and oxygen atoms in total. The minimum absolute atomic E-state index is 0.0734. The van der Waals surface area contributed by atoms with Crippen LogP contribution >= 0.6 is 0 Å². The molecule has 1 aromatic rings. The van der Waals surface area contributed by atoms with E-state index >= 15 is 0 Å². The van der Waals surface area contributed by atoms with Crippen LogP contribution in [0.15, 0.2) is 24.3 Å². The quantitative estimate of drug-likeness (QED) is 0.859. The Morgan fingerprint density at radius 2 is 1.83 bits per heavy atom. The number of alkyl halides is 3. The zero-order valence-electron chi connectivity index (χ0n) is 9.81. The zero-order chi connectivity index (χ0) is 13.8. The molecule has 0 aromatic heterocycles. The number of aliphatic hydroxyl groups excluding tert-OH is 2. The van der Waals surface area contributed by atoms with Crippen molar-refractivity contribution < 1.29 is 28.1 Å². The first-order chi connectivity index (χ1) is 8.35. The lowest BCUT2D eigenvalue weighted by molar-refractivity contribution is -0.275. The summed E-state index contributed by atoms with van der Waals surface area (Å²) < 4.78 is 40.3. The van der Waals surface area contributed by atoms with E-state index in [1.807, 2.05) is 0 Å². The fraction of sp³-hybridized carbons (Fsp3) is 0.500. The number of hydrogen-bond donors (Lipinski definition) is 2. The molecule has 0 spiro atoms. The second-order valence-corrected chi connectivity index (χ2v) is 3.89. The van der Waals surface area contributed by atoms with Crippen LogP contribution in [0, 0.1) is 0 Å². The highest BCUT2D eigenvalue weighted by Gasteiger charge is 2.33. The molecule has 0 amide bonds. The van der Waals surface area contributed by atoms with Crippen LogP contribution < -0.4 is 4.74 Å². The Bertz CT molecular complexity index is 379. The van der Waals surface area contributed by atoms with Crippen molar-refractivity contribution >= 4 is 0 Å². The lowest BCUT2D eigenvalue weighted by Crippen LogP contribution is -2.22. The predicted molar refractivity (Wildman–Crippen MR) is 59.0 cm³/mol. The van der Waals surface area contributed by atoms with Crippen molar-refractivity contribution in [2.45, 2.75) is 38.3 Å².